The summed E-state index contributed by atoms with van der Waals surface area (Å²) in [6, 6.07) is 20.6. The average Bonchev–Trinajstić information content (AvgIpc) is 3.09. The molecule has 5 nitrogen and oxygen atoms in total. The first kappa shape index (κ1) is 23.8. The maximum absolute atomic E-state index is 13.7. The Balaban J connectivity index is 1.55. The molecule has 0 spiro atoms. The molecule has 2 heterocycles. The van der Waals surface area contributed by atoms with Gasteiger partial charge in [-0.3, -0.25) is 4.79 Å². The Morgan fingerprint density at radius 3 is 2.09 bits per heavy atom. The topological polar surface area (TPSA) is 51.5 Å². The fourth-order valence-corrected chi connectivity index (χ4v) is 5.08. The normalized spacial score (nSPS) is 14.3. The minimum absolute atomic E-state index is 0.0190. The summed E-state index contributed by atoms with van der Waals surface area (Å²) in [7, 11) is 0. The van der Waals surface area contributed by atoms with E-state index in [1.54, 1.807) is 6.92 Å². The number of carbonyl (C=O) groups is 2. The summed E-state index contributed by atoms with van der Waals surface area (Å²) in [5, 5.41) is 0. The number of rotatable bonds is 7. The SMILES string of the molecule is CCOC(=O)c1c(C)c(C(=O)N2CCC(Cc3ccccc3)CC2)c(C)n1Cc1ccccc1. The first-order valence-corrected chi connectivity index (χ1v) is 12.2. The molecule has 1 saturated heterocycles. The van der Waals surface area contributed by atoms with Gasteiger partial charge in [-0.1, -0.05) is 60.7 Å². The number of likely N-dealkylation sites (tertiary alicyclic amines) is 1. The standard InChI is InChI=1S/C29H34N2O3/c1-4-34-29(33)27-21(2)26(22(3)31(27)20-25-13-9-6-10-14-25)28(32)30-17-15-24(16-18-30)19-23-11-7-5-8-12-23/h5-14,24H,4,15-20H2,1-3H3. The lowest BCUT2D eigenvalue weighted by Gasteiger charge is -2.32. The van der Waals surface area contributed by atoms with Gasteiger partial charge >= 0.3 is 5.97 Å². The van der Waals surface area contributed by atoms with Crippen molar-refractivity contribution in [1.29, 1.82) is 0 Å². The molecule has 1 aromatic heterocycles. The highest BCUT2D eigenvalue weighted by atomic mass is 16.5. The van der Waals surface area contributed by atoms with E-state index >= 15 is 0 Å². The van der Waals surface area contributed by atoms with Gasteiger partial charge in [0.05, 0.1) is 12.2 Å². The third kappa shape index (κ3) is 5.09. The first-order valence-electron chi connectivity index (χ1n) is 12.2. The van der Waals surface area contributed by atoms with E-state index in [0.717, 1.165) is 43.6 Å². The van der Waals surface area contributed by atoms with Gasteiger partial charge in [0.2, 0.25) is 0 Å². The molecule has 34 heavy (non-hydrogen) atoms. The molecule has 1 aliphatic rings. The second-order valence-corrected chi connectivity index (χ2v) is 9.15. The molecule has 4 rings (SSSR count). The Hall–Kier alpha value is -3.34. The van der Waals surface area contributed by atoms with Crippen molar-refractivity contribution in [3.63, 3.8) is 0 Å². The molecular weight excluding hydrogens is 424 g/mol. The molecule has 1 aliphatic heterocycles. The molecule has 178 valence electrons. The minimum Gasteiger partial charge on any atom is -0.461 e. The van der Waals surface area contributed by atoms with Gasteiger partial charge in [-0.25, -0.2) is 4.79 Å². The van der Waals surface area contributed by atoms with Crippen LogP contribution in [0.4, 0.5) is 0 Å². The van der Waals surface area contributed by atoms with Gasteiger partial charge in [0.15, 0.2) is 0 Å². The second kappa shape index (κ2) is 10.7. The maximum atomic E-state index is 13.7. The van der Waals surface area contributed by atoms with E-state index in [1.807, 2.05) is 59.7 Å². The van der Waals surface area contributed by atoms with Gasteiger partial charge in [-0.05, 0) is 62.6 Å². The smallest absolute Gasteiger partial charge is 0.355 e. The number of carbonyl (C=O) groups excluding carboxylic acids is 2. The average molecular weight is 459 g/mol. The molecule has 0 atom stereocenters. The van der Waals surface area contributed by atoms with E-state index in [9.17, 15) is 9.59 Å². The molecule has 0 aliphatic carbocycles. The van der Waals surface area contributed by atoms with Gasteiger partial charge in [0, 0.05) is 25.3 Å². The number of aromatic nitrogens is 1. The molecular formula is C29H34N2O3. The lowest BCUT2D eigenvalue weighted by molar-refractivity contribution is 0.0513. The Morgan fingerprint density at radius 1 is 0.912 bits per heavy atom. The van der Waals surface area contributed by atoms with Gasteiger partial charge < -0.3 is 14.2 Å². The predicted octanol–water partition coefficient (Wildman–Crippen LogP) is 5.42. The van der Waals surface area contributed by atoms with E-state index in [1.165, 1.54) is 5.56 Å². The second-order valence-electron chi connectivity index (χ2n) is 9.15. The van der Waals surface area contributed by atoms with Crippen LogP contribution < -0.4 is 0 Å². The number of esters is 1. The van der Waals surface area contributed by atoms with Crippen LogP contribution in [0.5, 0.6) is 0 Å². The number of hydrogen-bond acceptors (Lipinski definition) is 3. The molecule has 0 unspecified atom stereocenters. The number of ether oxygens (including phenoxy) is 1. The fourth-order valence-electron chi connectivity index (χ4n) is 5.08. The number of nitrogens with zero attached hydrogens (tertiary/aromatic N) is 2. The Kier molecular flexibility index (Phi) is 7.51. The summed E-state index contributed by atoms with van der Waals surface area (Å²) in [5.74, 6) is 0.233. The fraction of sp³-hybridized carbons (Fsp3) is 0.379. The van der Waals surface area contributed by atoms with E-state index in [-0.39, 0.29) is 11.9 Å². The van der Waals surface area contributed by atoms with Crippen molar-refractivity contribution in [2.45, 2.75) is 46.6 Å². The zero-order valence-electron chi connectivity index (χ0n) is 20.4. The molecule has 3 aromatic rings. The van der Waals surface area contributed by atoms with Crippen LogP contribution in [0.1, 0.15) is 63.0 Å². The number of amides is 1. The van der Waals surface area contributed by atoms with Crippen molar-refractivity contribution in [3.05, 3.63) is 94.3 Å². The molecule has 0 saturated carbocycles. The summed E-state index contributed by atoms with van der Waals surface area (Å²) in [5.41, 5.74) is 5.08. The number of benzene rings is 2. The highest BCUT2D eigenvalue weighted by Gasteiger charge is 2.31. The lowest BCUT2D eigenvalue weighted by Crippen LogP contribution is -2.39. The number of hydrogen-bond donors (Lipinski definition) is 0. The molecule has 0 radical (unpaired) electrons. The maximum Gasteiger partial charge on any atom is 0.355 e. The summed E-state index contributed by atoms with van der Waals surface area (Å²) >= 11 is 0. The third-order valence-electron chi connectivity index (χ3n) is 6.90. The van der Waals surface area contributed by atoms with Crippen molar-refractivity contribution in [3.8, 4) is 0 Å². The lowest BCUT2D eigenvalue weighted by atomic mass is 9.90. The van der Waals surface area contributed by atoms with Crippen LogP contribution in [-0.2, 0) is 17.7 Å². The molecule has 1 fully saturated rings. The van der Waals surface area contributed by atoms with Gasteiger partial charge in [0.1, 0.15) is 5.69 Å². The van der Waals surface area contributed by atoms with Crippen LogP contribution in [0.2, 0.25) is 0 Å². The molecule has 5 heteroatoms. The van der Waals surface area contributed by atoms with Crippen LogP contribution in [0.15, 0.2) is 60.7 Å². The molecule has 2 aromatic carbocycles. The molecule has 0 N–H and O–H groups in total. The van der Waals surface area contributed by atoms with E-state index in [0.29, 0.717) is 35.9 Å². The highest BCUT2D eigenvalue weighted by molar-refractivity contribution is 6.01. The Labute approximate surface area is 202 Å². The zero-order valence-corrected chi connectivity index (χ0v) is 20.4. The first-order chi connectivity index (χ1) is 16.5. The predicted molar refractivity (Wildman–Crippen MR) is 134 cm³/mol. The van der Waals surface area contributed by atoms with Crippen LogP contribution in [0, 0.1) is 19.8 Å². The molecule has 1 amide bonds. The zero-order chi connectivity index (χ0) is 24.1. The van der Waals surface area contributed by atoms with Crippen molar-refractivity contribution in [2.24, 2.45) is 5.92 Å². The summed E-state index contributed by atoms with van der Waals surface area (Å²) < 4.78 is 7.31. The highest BCUT2D eigenvalue weighted by Crippen LogP contribution is 2.28. The number of piperidine rings is 1. The molecule has 0 bridgehead atoms. The van der Waals surface area contributed by atoms with E-state index in [4.69, 9.17) is 4.74 Å². The summed E-state index contributed by atoms with van der Waals surface area (Å²) in [6.45, 7) is 7.92. The summed E-state index contributed by atoms with van der Waals surface area (Å²) in [6.07, 6.45) is 3.05. The van der Waals surface area contributed by atoms with Crippen LogP contribution >= 0.6 is 0 Å². The van der Waals surface area contributed by atoms with Crippen molar-refractivity contribution in [2.75, 3.05) is 19.7 Å². The van der Waals surface area contributed by atoms with Crippen molar-refractivity contribution >= 4 is 11.9 Å². The van der Waals surface area contributed by atoms with Gasteiger partial charge in [-0.2, -0.15) is 0 Å². The van der Waals surface area contributed by atoms with Crippen LogP contribution in [0.25, 0.3) is 0 Å². The van der Waals surface area contributed by atoms with E-state index in [2.05, 4.69) is 24.3 Å². The van der Waals surface area contributed by atoms with Crippen molar-refractivity contribution in [1.82, 2.24) is 9.47 Å². The quantitative estimate of drug-likeness (QED) is 0.444. The Morgan fingerprint density at radius 2 is 1.50 bits per heavy atom. The Bertz CT molecular complexity index is 1130. The van der Waals surface area contributed by atoms with Crippen molar-refractivity contribution < 1.29 is 14.3 Å². The summed E-state index contributed by atoms with van der Waals surface area (Å²) in [4.78, 5) is 28.5. The van der Waals surface area contributed by atoms with E-state index < -0.39 is 0 Å². The van der Waals surface area contributed by atoms with Crippen LogP contribution in [-0.4, -0.2) is 41.0 Å². The minimum atomic E-state index is -0.375. The van der Waals surface area contributed by atoms with Gasteiger partial charge in [-0.15, -0.1) is 0 Å². The monoisotopic (exact) mass is 458 g/mol. The van der Waals surface area contributed by atoms with Gasteiger partial charge in [0.25, 0.3) is 5.91 Å². The van der Waals surface area contributed by atoms with Crippen LogP contribution in [0.3, 0.4) is 0 Å². The third-order valence-corrected chi connectivity index (χ3v) is 6.90. The largest absolute Gasteiger partial charge is 0.461 e.